The van der Waals surface area contributed by atoms with E-state index in [1.165, 1.54) is 24.2 Å². The standard InChI is InChI=1S/C16H22BrN3O/c1-10-6-18-7-13-4-12-5-14(17)15(19-16(12)20(10)13)9-21-8-11-2-3-11/h5,10-11,13,18H,2-4,6-9H2,1H3/t10-,13-/m1/s1. The van der Waals surface area contributed by atoms with Crippen LogP contribution < -0.4 is 10.2 Å². The van der Waals surface area contributed by atoms with E-state index in [1.54, 1.807) is 0 Å². The van der Waals surface area contributed by atoms with Crippen molar-refractivity contribution in [3.05, 3.63) is 21.8 Å². The first kappa shape index (κ1) is 14.0. The van der Waals surface area contributed by atoms with Gasteiger partial charge in [0.25, 0.3) is 0 Å². The van der Waals surface area contributed by atoms with Crippen LogP contribution in [0.3, 0.4) is 0 Å². The van der Waals surface area contributed by atoms with Crippen molar-refractivity contribution in [1.82, 2.24) is 10.3 Å². The maximum Gasteiger partial charge on any atom is 0.132 e. The zero-order chi connectivity index (χ0) is 14.4. The van der Waals surface area contributed by atoms with Crippen LogP contribution in [0.2, 0.25) is 0 Å². The van der Waals surface area contributed by atoms with Crippen LogP contribution in [0.15, 0.2) is 10.5 Å². The Labute approximate surface area is 134 Å². The first-order chi connectivity index (χ1) is 10.2. The molecule has 3 heterocycles. The number of nitrogens with zero attached hydrogens (tertiary/aromatic N) is 2. The zero-order valence-electron chi connectivity index (χ0n) is 12.4. The Morgan fingerprint density at radius 1 is 1.43 bits per heavy atom. The molecule has 1 N–H and O–H groups in total. The molecule has 0 spiro atoms. The molecule has 3 aliphatic rings. The molecule has 1 aromatic rings. The van der Waals surface area contributed by atoms with Gasteiger partial charge in [0.2, 0.25) is 0 Å². The van der Waals surface area contributed by atoms with E-state index >= 15 is 0 Å². The molecule has 2 fully saturated rings. The highest BCUT2D eigenvalue weighted by Crippen LogP contribution is 2.36. The Bertz CT molecular complexity index is 547. The summed E-state index contributed by atoms with van der Waals surface area (Å²) in [6.07, 6.45) is 3.76. The summed E-state index contributed by atoms with van der Waals surface area (Å²) < 4.78 is 6.92. The first-order valence-corrected chi connectivity index (χ1v) is 8.76. The lowest BCUT2D eigenvalue weighted by Crippen LogP contribution is -2.55. The lowest BCUT2D eigenvalue weighted by Gasteiger charge is -2.37. The molecule has 0 radical (unpaired) electrons. The first-order valence-electron chi connectivity index (χ1n) is 7.97. The van der Waals surface area contributed by atoms with Crippen LogP contribution in [0.4, 0.5) is 5.82 Å². The highest BCUT2D eigenvalue weighted by molar-refractivity contribution is 9.10. The maximum atomic E-state index is 5.82. The van der Waals surface area contributed by atoms with Crippen molar-refractivity contribution in [3.63, 3.8) is 0 Å². The summed E-state index contributed by atoms with van der Waals surface area (Å²) in [5.74, 6) is 1.98. The molecule has 4 rings (SSSR count). The number of anilines is 1. The van der Waals surface area contributed by atoms with Crippen LogP contribution in [0.1, 0.15) is 31.0 Å². The number of rotatable bonds is 4. The van der Waals surface area contributed by atoms with Gasteiger partial charge in [-0.15, -0.1) is 0 Å². The number of fused-ring (bicyclic) bond motifs is 3. The second kappa shape index (κ2) is 5.52. The van der Waals surface area contributed by atoms with Crippen molar-refractivity contribution in [2.24, 2.45) is 5.92 Å². The number of halogens is 1. The van der Waals surface area contributed by atoms with Crippen LogP contribution in [0.25, 0.3) is 0 Å². The van der Waals surface area contributed by atoms with Crippen molar-refractivity contribution >= 4 is 21.7 Å². The Morgan fingerprint density at radius 3 is 3.10 bits per heavy atom. The van der Waals surface area contributed by atoms with Crippen molar-refractivity contribution in [1.29, 1.82) is 0 Å². The highest BCUT2D eigenvalue weighted by Gasteiger charge is 2.36. The fourth-order valence-electron chi connectivity index (χ4n) is 3.46. The molecule has 2 atom stereocenters. The lowest BCUT2D eigenvalue weighted by molar-refractivity contribution is 0.108. The largest absolute Gasteiger partial charge is 0.375 e. The van der Waals surface area contributed by atoms with E-state index in [1.807, 2.05) is 0 Å². The van der Waals surface area contributed by atoms with Gasteiger partial charge in [0.15, 0.2) is 0 Å². The summed E-state index contributed by atoms with van der Waals surface area (Å²) in [5.41, 5.74) is 2.41. The van der Waals surface area contributed by atoms with Gasteiger partial charge >= 0.3 is 0 Å². The molecule has 0 amide bonds. The molecule has 0 unspecified atom stereocenters. The van der Waals surface area contributed by atoms with Crippen molar-refractivity contribution in [2.45, 2.75) is 44.9 Å². The van der Waals surface area contributed by atoms with Gasteiger partial charge in [-0.25, -0.2) is 4.98 Å². The number of hydrogen-bond acceptors (Lipinski definition) is 4. The van der Waals surface area contributed by atoms with Gasteiger partial charge in [0.05, 0.1) is 12.3 Å². The molecule has 1 saturated carbocycles. The minimum absolute atomic E-state index is 0.513. The summed E-state index contributed by atoms with van der Waals surface area (Å²) >= 11 is 3.67. The summed E-state index contributed by atoms with van der Waals surface area (Å²) in [6.45, 7) is 5.89. The van der Waals surface area contributed by atoms with E-state index in [4.69, 9.17) is 9.72 Å². The van der Waals surface area contributed by atoms with Gasteiger partial charge in [-0.1, -0.05) is 0 Å². The number of hydrogen-bond donors (Lipinski definition) is 1. The van der Waals surface area contributed by atoms with E-state index < -0.39 is 0 Å². The predicted molar refractivity (Wildman–Crippen MR) is 86.6 cm³/mol. The second-order valence-corrected chi connectivity index (χ2v) is 7.48. The molecular formula is C16H22BrN3O. The Morgan fingerprint density at radius 2 is 2.29 bits per heavy atom. The van der Waals surface area contributed by atoms with Gasteiger partial charge in [0, 0.05) is 36.3 Å². The summed E-state index contributed by atoms with van der Waals surface area (Å²) in [5, 5.41) is 3.52. The maximum absolute atomic E-state index is 5.82. The van der Waals surface area contributed by atoms with Crippen LogP contribution in [-0.4, -0.2) is 36.8 Å². The molecule has 0 aromatic carbocycles. The molecule has 114 valence electrons. The van der Waals surface area contributed by atoms with Crippen molar-refractivity contribution in [2.75, 3.05) is 24.6 Å². The predicted octanol–water partition coefficient (Wildman–Crippen LogP) is 2.49. The average Bonchev–Trinajstić information content (AvgIpc) is 3.20. The molecule has 0 bridgehead atoms. The molecule has 2 aliphatic heterocycles. The quantitative estimate of drug-likeness (QED) is 0.904. The normalized spacial score (nSPS) is 27.6. The third kappa shape index (κ3) is 2.71. The number of nitrogens with one attached hydrogen (secondary N) is 1. The van der Waals surface area contributed by atoms with E-state index in [0.29, 0.717) is 18.7 Å². The minimum Gasteiger partial charge on any atom is -0.375 e. The van der Waals surface area contributed by atoms with Crippen molar-refractivity contribution in [3.8, 4) is 0 Å². The Hall–Kier alpha value is -0.650. The summed E-state index contributed by atoms with van der Waals surface area (Å²) in [6, 6.07) is 3.33. The van der Waals surface area contributed by atoms with Crippen molar-refractivity contribution < 1.29 is 4.74 Å². The van der Waals surface area contributed by atoms with Gasteiger partial charge in [-0.3, -0.25) is 0 Å². The molecular weight excluding hydrogens is 330 g/mol. The van der Waals surface area contributed by atoms with E-state index in [9.17, 15) is 0 Å². The van der Waals surface area contributed by atoms with Crippen LogP contribution in [0, 0.1) is 5.92 Å². The molecule has 1 saturated heterocycles. The fourth-order valence-corrected chi connectivity index (χ4v) is 3.94. The monoisotopic (exact) mass is 351 g/mol. The number of piperazine rings is 1. The third-order valence-corrected chi connectivity index (χ3v) is 5.47. The lowest BCUT2D eigenvalue weighted by atomic mass is 10.1. The SMILES string of the molecule is C[C@@H]1CNC[C@H]2Cc3cc(Br)c(COCC4CC4)nc3N21. The second-order valence-electron chi connectivity index (χ2n) is 6.63. The molecule has 1 aliphatic carbocycles. The van der Waals surface area contributed by atoms with E-state index in [-0.39, 0.29) is 0 Å². The van der Waals surface area contributed by atoms with Gasteiger partial charge in [0.1, 0.15) is 5.82 Å². The van der Waals surface area contributed by atoms with Crippen LogP contribution in [-0.2, 0) is 17.8 Å². The molecule has 21 heavy (non-hydrogen) atoms. The molecule has 4 nitrogen and oxygen atoms in total. The van der Waals surface area contributed by atoms with Gasteiger partial charge in [-0.2, -0.15) is 0 Å². The Balaban J connectivity index is 1.55. The number of aromatic nitrogens is 1. The summed E-state index contributed by atoms with van der Waals surface area (Å²) in [7, 11) is 0. The number of ether oxygens (including phenoxy) is 1. The van der Waals surface area contributed by atoms with Crippen LogP contribution >= 0.6 is 15.9 Å². The molecule has 1 aromatic heterocycles. The highest BCUT2D eigenvalue weighted by atomic mass is 79.9. The number of pyridine rings is 1. The van der Waals surface area contributed by atoms with E-state index in [0.717, 1.165) is 42.2 Å². The zero-order valence-corrected chi connectivity index (χ0v) is 14.0. The minimum atomic E-state index is 0.513. The smallest absolute Gasteiger partial charge is 0.132 e. The summed E-state index contributed by atoms with van der Waals surface area (Å²) in [4.78, 5) is 7.43. The average molecular weight is 352 g/mol. The van der Waals surface area contributed by atoms with Gasteiger partial charge < -0.3 is 15.0 Å². The van der Waals surface area contributed by atoms with Crippen LogP contribution in [0.5, 0.6) is 0 Å². The Kier molecular flexibility index (Phi) is 3.67. The third-order valence-electron chi connectivity index (χ3n) is 4.78. The fraction of sp³-hybridized carbons (Fsp3) is 0.688. The topological polar surface area (TPSA) is 37.4 Å². The van der Waals surface area contributed by atoms with E-state index in [2.05, 4.69) is 39.1 Å². The van der Waals surface area contributed by atoms with Gasteiger partial charge in [-0.05, 0) is 59.7 Å². The molecule has 5 heteroatoms.